The van der Waals surface area contributed by atoms with Crippen LogP contribution < -0.4 is 5.32 Å². The summed E-state index contributed by atoms with van der Waals surface area (Å²) >= 11 is 0. The lowest BCUT2D eigenvalue weighted by atomic mass is 9.84. The maximum atomic E-state index is 13.4. The average Bonchev–Trinajstić information content (AvgIpc) is 3.63. The van der Waals surface area contributed by atoms with Gasteiger partial charge in [0.05, 0.1) is 11.1 Å². The van der Waals surface area contributed by atoms with Crippen molar-refractivity contribution >= 4 is 5.91 Å². The fourth-order valence-electron chi connectivity index (χ4n) is 4.77. The summed E-state index contributed by atoms with van der Waals surface area (Å²) in [6.45, 7) is 0.445. The SMILES string of the molecule is O=C(C=C[C@H]1CC1(c1cccc(C(F)(F)F)c1)c1cccc(C(F)(F)F)c1)NCCCCc1cccnc1. The summed E-state index contributed by atoms with van der Waals surface area (Å²) < 4.78 is 80.4. The van der Waals surface area contributed by atoms with Crippen molar-refractivity contribution in [2.24, 2.45) is 5.92 Å². The van der Waals surface area contributed by atoms with E-state index in [1.807, 2.05) is 12.1 Å². The number of aryl methyl sites for hydroxylation is 1. The van der Waals surface area contributed by atoms with Crippen molar-refractivity contribution < 1.29 is 31.1 Å². The number of rotatable bonds is 9. The molecule has 3 nitrogen and oxygen atoms in total. The lowest BCUT2D eigenvalue weighted by Gasteiger charge is -2.21. The highest BCUT2D eigenvalue weighted by atomic mass is 19.4. The second-order valence-corrected chi connectivity index (χ2v) is 9.41. The van der Waals surface area contributed by atoms with Gasteiger partial charge in [0.25, 0.3) is 0 Å². The quantitative estimate of drug-likeness (QED) is 0.181. The summed E-state index contributed by atoms with van der Waals surface area (Å²) in [4.78, 5) is 16.4. The number of hydrogen-bond acceptors (Lipinski definition) is 2. The van der Waals surface area contributed by atoms with Crippen LogP contribution in [0.25, 0.3) is 0 Å². The Morgan fingerprint density at radius 2 is 1.55 bits per heavy atom. The van der Waals surface area contributed by atoms with E-state index in [1.165, 1.54) is 30.3 Å². The number of allylic oxidation sites excluding steroid dienone is 1. The Labute approximate surface area is 216 Å². The van der Waals surface area contributed by atoms with Crippen LogP contribution in [-0.2, 0) is 29.0 Å². The highest BCUT2D eigenvalue weighted by Crippen LogP contribution is 2.60. The number of unbranched alkanes of at least 4 members (excludes halogenated alkanes) is 1. The molecule has 200 valence electrons. The summed E-state index contributed by atoms with van der Waals surface area (Å²) in [6, 6.07) is 13.2. The number of pyridine rings is 1. The van der Waals surface area contributed by atoms with Gasteiger partial charge in [-0.05, 0) is 72.6 Å². The van der Waals surface area contributed by atoms with Gasteiger partial charge in [0.2, 0.25) is 5.91 Å². The summed E-state index contributed by atoms with van der Waals surface area (Å²) in [5.41, 5.74) is -1.22. The fourth-order valence-corrected chi connectivity index (χ4v) is 4.77. The van der Waals surface area contributed by atoms with E-state index in [1.54, 1.807) is 18.5 Å². The lowest BCUT2D eigenvalue weighted by molar-refractivity contribution is -0.138. The van der Waals surface area contributed by atoms with Gasteiger partial charge in [-0.3, -0.25) is 9.78 Å². The van der Waals surface area contributed by atoms with Crippen LogP contribution in [0.1, 0.15) is 47.1 Å². The minimum absolute atomic E-state index is 0.261. The topological polar surface area (TPSA) is 42.0 Å². The number of alkyl halides is 6. The minimum Gasteiger partial charge on any atom is -0.353 e. The molecule has 3 aromatic rings. The van der Waals surface area contributed by atoms with Crippen LogP contribution >= 0.6 is 0 Å². The first-order valence-corrected chi connectivity index (χ1v) is 12.2. The van der Waals surface area contributed by atoms with E-state index < -0.39 is 34.8 Å². The van der Waals surface area contributed by atoms with E-state index in [-0.39, 0.29) is 23.5 Å². The number of benzene rings is 2. The third-order valence-electron chi connectivity index (χ3n) is 6.82. The van der Waals surface area contributed by atoms with Crippen molar-refractivity contribution in [1.82, 2.24) is 10.3 Å². The number of carbonyl (C=O) groups excluding carboxylic acids is 1. The van der Waals surface area contributed by atoms with E-state index in [0.29, 0.717) is 6.54 Å². The van der Waals surface area contributed by atoms with Gasteiger partial charge >= 0.3 is 12.4 Å². The highest BCUT2D eigenvalue weighted by molar-refractivity contribution is 5.87. The van der Waals surface area contributed by atoms with Crippen LogP contribution in [0.4, 0.5) is 26.3 Å². The highest BCUT2D eigenvalue weighted by Gasteiger charge is 2.56. The average molecular weight is 533 g/mol. The first-order valence-electron chi connectivity index (χ1n) is 12.2. The Morgan fingerprint density at radius 3 is 2.11 bits per heavy atom. The standard InChI is InChI=1S/C29H26F6N2O/c30-28(31,32)23-10-3-8-21(16-23)27(22-9-4-11-24(17-22)29(33,34)35)18-25(27)12-13-26(38)37-15-2-1-6-20-7-5-14-36-19-20/h3-5,7-14,16-17,19,25H,1-2,6,15,18H2,(H,37,38)/t25-/m0/s1. The molecule has 38 heavy (non-hydrogen) atoms. The summed E-state index contributed by atoms with van der Waals surface area (Å²) in [7, 11) is 0. The van der Waals surface area contributed by atoms with Crippen molar-refractivity contribution in [2.75, 3.05) is 6.54 Å². The second kappa shape index (κ2) is 11.0. The molecular weight excluding hydrogens is 506 g/mol. The van der Waals surface area contributed by atoms with Gasteiger partial charge in [-0.25, -0.2) is 0 Å². The Morgan fingerprint density at radius 1 is 0.921 bits per heavy atom. The van der Waals surface area contributed by atoms with Crippen molar-refractivity contribution in [1.29, 1.82) is 0 Å². The van der Waals surface area contributed by atoms with Crippen LogP contribution in [-0.4, -0.2) is 17.4 Å². The van der Waals surface area contributed by atoms with Gasteiger partial charge in [-0.15, -0.1) is 0 Å². The maximum absolute atomic E-state index is 13.4. The Balaban J connectivity index is 1.47. The summed E-state index contributed by atoms with van der Waals surface area (Å²) in [5.74, 6) is -0.800. The molecule has 1 N–H and O–H groups in total. The molecule has 1 fully saturated rings. The third kappa shape index (κ3) is 6.44. The van der Waals surface area contributed by atoms with Gasteiger partial charge in [0.1, 0.15) is 0 Å². The molecule has 2 aromatic carbocycles. The molecule has 1 aliphatic rings. The zero-order valence-corrected chi connectivity index (χ0v) is 20.3. The number of nitrogens with zero attached hydrogens (tertiary/aromatic N) is 1. The molecule has 1 saturated carbocycles. The normalized spacial score (nSPS) is 16.9. The van der Waals surface area contributed by atoms with Gasteiger partial charge in [0, 0.05) is 24.4 Å². The van der Waals surface area contributed by atoms with Crippen LogP contribution in [0, 0.1) is 5.92 Å². The Bertz CT molecular complexity index is 1230. The smallest absolute Gasteiger partial charge is 0.353 e. The number of amides is 1. The zero-order chi connectivity index (χ0) is 27.4. The molecule has 0 spiro atoms. The molecule has 0 unspecified atom stereocenters. The third-order valence-corrected chi connectivity index (χ3v) is 6.82. The zero-order valence-electron chi connectivity index (χ0n) is 20.3. The van der Waals surface area contributed by atoms with Gasteiger partial charge < -0.3 is 5.32 Å². The van der Waals surface area contributed by atoms with Crippen LogP contribution in [0.3, 0.4) is 0 Å². The molecule has 0 bridgehead atoms. The number of nitrogens with one attached hydrogen (secondary N) is 1. The lowest BCUT2D eigenvalue weighted by Crippen LogP contribution is -2.22. The molecule has 4 rings (SSSR count). The summed E-state index contributed by atoms with van der Waals surface area (Å²) in [5, 5.41) is 2.78. The van der Waals surface area contributed by atoms with Crippen molar-refractivity contribution in [3.8, 4) is 0 Å². The molecule has 1 atom stereocenters. The fraction of sp³-hybridized carbons (Fsp3) is 0.310. The number of carbonyl (C=O) groups is 1. The largest absolute Gasteiger partial charge is 0.416 e. The van der Waals surface area contributed by atoms with Crippen LogP contribution in [0.5, 0.6) is 0 Å². The van der Waals surface area contributed by atoms with E-state index in [4.69, 9.17) is 0 Å². The first kappa shape index (κ1) is 27.4. The van der Waals surface area contributed by atoms with Crippen LogP contribution in [0.2, 0.25) is 0 Å². The molecule has 0 aliphatic heterocycles. The predicted octanol–water partition coefficient (Wildman–Crippen LogP) is 7.12. The summed E-state index contributed by atoms with van der Waals surface area (Å²) in [6.07, 6.45) is -0.0985. The number of halogens is 6. The monoisotopic (exact) mass is 532 g/mol. The molecule has 1 aliphatic carbocycles. The first-order chi connectivity index (χ1) is 18.0. The Hall–Kier alpha value is -3.62. The number of hydrogen-bond donors (Lipinski definition) is 1. The van der Waals surface area contributed by atoms with Crippen molar-refractivity contribution in [3.63, 3.8) is 0 Å². The van der Waals surface area contributed by atoms with Gasteiger partial charge in [-0.2, -0.15) is 26.3 Å². The Kier molecular flexibility index (Phi) is 7.94. The van der Waals surface area contributed by atoms with E-state index in [0.717, 1.165) is 49.1 Å². The molecule has 0 radical (unpaired) electrons. The van der Waals surface area contributed by atoms with Crippen LogP contribution in [0.15, 0.2) is 85.2 Å². The second-order valence-electron chi connectivity index (χ2n) is 9.41. The van der Waals surface area contributed by atoms with Gasteiger partial charge in [0.15, 0.2) is 0 Å². The molecular formula is C29H26F6N2O. The molecule has 1 aromatic heterocycles. The van der Waals surface area contributed by atoms with E-state index >= 15 is 0 Å². The van der Waals surface area contributed by atoms with E-state index in [2.05, 4.69) is 10.3 Å². The van der Waals surface area contributed by atoms with Crippen molar-refractivity contribution in [3.05, 3.63) is 113 Å². The molecule has 0 saturated heterocycles. The molecule has 9 heteroatoms. The molecule has 1 heterocycles. The van der Waals surface area contributed by atoms with Crippen molar-refractivity contribution in [2.45, 2.75) is 43.5 Å². The molecule has 1 amide bonds. The number of aromatic nitrogens is 1. The van der Waals surface area contributed by atoms with Gasteiger partial charge in [-0.1, -0.05) is 48.5 Å². The predicted molar refractivity (Wildman–Crippen MR) is 131 cm³/mol. The maximum Gasteiger partial charge on any atom is 0.416 e. The minimum atomic E-state index is -4.60. The van der Waals surface area contributed by atoms with E-state index in [9.17, 15) is 31.1 Å².